The number of Topliss-reactive ketones (excluding diaryl/α,β-unsaturated/α-hetero) is 1. The summed E-state index contributed by atoms with van der Waals surface area (Å²) >= 11 is 0. The van der Waals surface area contributed by atoms with E-state index in [1.807, 2.05) is 37.3 Å². The molecular weight excluding hydrogens is 408 g/mol. The average molecular weight is 441 g/mol. The van der Waals surface area contributed by atoms with Crippen molar-refractivity contribution in [3.8, 4) is 0 Å². The van der Waals surface area contributed by atoms with Crippen LogP contribution in [-0.2, 0) is 30.3 Å². The molecule has 1 saturated heterocycles. The number of fused-ring (bicyclic) bond motifs is 1. The Morgan fingerprint density at radius 1 is 1.12 bits per heavy atom. The lowest BCUT2D eigenvalue weighted by atomic mass is 10.0. The summed E-state index contributed by atoms with van der Waals surface area (Å²) in [5.74, 6) is -1.51. The molecule has 1 fully saturated rings. The van der Waals surface area contributed by atoms with Gasteiger partial charge in [-0.05, 0) is 37.3 Å². The van der Waals surface area contributed by atoms with Gasteiger partial charge in [0, 0.05) is 19.4 Å². The van der Waals surface area contributed by atoms with Crippen LogP contribution in [0.1, 0.15) is 57.9 Å². The lowest BCUT2D eigenvalue weighted by Crippen LogP contribution is -2.53. The number of nitrogens with zero attached hydrogens (tertiary/aromatic N) is 1. The third kappa shape index (κ3) is 6.05. The van der Waals surface area contributed by atoms with E-state index in [-0.39, 0.29) is 30.6 Å². The Balaban J connectivity index is 1.91. The van der Waals surface area contributed by atoms with Gasteiger partial charge in [-0.15, -0.1) is 0 Å². The van der Waals surface area contributed by atoms with Crippen molar-refractivity contribution in [1.29, 1.82) is 0 Å². The van der Waals surface area contributed by atoms with Crippen molar-refractivity contribution in [2.45, 2.75) is 77.0 Å². The van der Waals surface area contributed by atoms with Gasteiger partial charge >= 0.3 is 5.97 Å². The van der Waals surface area contributed by atoms with Crippen molar-refractivity contribution >= 4 is 23.6 Å². The molecule has 7 heteroatoms. The van der Waals surface area contributed by atoms with E-state index in [9.17, 15) is 19.2 Å². The minimum Gasteiger partial charge on any atom is -0.461 e. The number of carbonyl (C=O) groups is 4. The van der Waals surface area contributed by atoms with Gasteiger partial charge in [-0.3, -0.25) is 14.4 Å². The maximum Gasteiger partial charge on any atom is 0.329 e. The van der Waals surface area contributed by atoms with E-state index in [4.69, 9.17) is 4.74 Å². The van der Waals surface area contributed by atoms with Crippen molar-refractivity contribution in [2.75, 3.05) is 6.54 Å². The van der Waals surface area contributed by atoms with Gasteiger partial charge in [0.25, 0.3) is 0 Å². The zero-order chi connectivity index (χ0) is 23.1. The number of esters is 1. The van der Waals surface area contributed by atoms with Crippen molar-refractivity contribution in [1.82, 2.24) is 10.2 Å². The highest BCUT2D eigenvalue weighted by molar-refractivity contribution is 6.07. The molecule has 0 spiro atoms. The quantitative estimate of drug-likeness (QED) is 0.574. The predicted molar refractivity (Wildman–Crippen MR) is 120 cm³/mol. The van der Waals surface area contributed by atoms with Crippen molar-refractivity contribution in [3.05, 3.63) is 47.5 Å². The van der Waals surface area contributed by atoms with E-state index in [1.54, 1.807) is 13.0 Å². The van der Waals surface area contributed by atoms with Crippen molar-refractivity contribution < 1.29 is 23.9 Å². The number of rotatable bonds is 4. The molecule has 3 atom stereocenters. The number of hydrogen-bond donors (Lipinski definition) is 1. The number of carbonyl (C=O) groups excluding carboxylic acids is 4. The normalized spacial score (nSPS) is 27.1. The Morgan fingerprint density at radius 3 is 2.59 bits per heavy atom. The zero-order valence-corrected chi connectivity index (χ0v) is 18.8. The molecule has 2 heterocycles. The molecule has 0 bridgehead atoms. The first-order valence-electron chi connectivity index (χ1n) is 11.4. The molecule has 32 heavy (non-hydrogen) atoms. The fourth-order valence-corrected chi connectivity index (χ4v) is 4.27. The van der Waals surface area contributed by atoms with Crippen LogP contribution in [0.4, 0.5) is 0 Å². The first-order chi connectivity index (χ1) is 15.4. The smallest absolute Gasteiger partial charge is 0.329 e. The van der Waals surface area contributed by atoms with Gasteiger partial charge in [0.1, 0.15) is 18.2 Å². The number of hydrogen-bond acceptors (Lipinski definition) is 5. The van der Waals surface area contributed by atoms with Gasteiger partial charge in [-0.2, -0.15) is 0 Å². The van der Waals surface area contributed by atoms with Gasteiger partial charge in [-0.1, -0.05) is 49.8 Å². The van der Waals surface area contributed by atoms with Gasteiger partial charge in [0.15, 0.2) is 5.78 Å². The lowest BCUT2D eigenvalue weighted by Gasteiger charge is -2.29. The van der Waals surface area contributed by atoms with Crippen LogP contribution in [0.5, 0.6) is 0 Å². The van der Waals surface area contributed by atoms with Crippen LogP contribution < -0.4 is 5.32 Å². The SMILES string of the molecule is CCC[C@@H]1C/C=C(/C)C(=O)CC(=O)N[C@H](Cc2ccccc2)C(=O)N2CCC[C@@H]2C(=O)O1. The Morgan fingerprint density at radius 2 is 1.88 bits per heavy atom. The number of ketones is 1. The first kappa shape index (κ1) is 23.7. The largest absolute Gasteiger partial charge is 0.461 e. The summed E-state index contributed by atoms with van der Waals surface area (Å²) in [7, 11) is 0. The molecule has 3 rings (SSSR count). The summed E-state index contributed by atoms with van der Waals surface area (Å²) in [5.41, 5.74) is 1.35. The number of ether oxygens (including phenoxy) is 1. The molecule has 0 saturated carbocycles. The molecule has 7 nitrogen and oxygen atoms in total. The summed E-state index contributed by atoms with van der Waals surface area (Å²) in [5, 5.41) is 2.75. The molecule has 0 unspecified atom stereocenters. The fourth-order valence-electron chi connectivity index (χ4n) is 4.27. The highest BCUT2D eigenvalue weighted by Gasteiger charge is 2.39. The third-order valence-electron chi connectivity index (χ3n) is 6.07. The van der Waals surface area contributed by atoms with E-state index < -0.39 is 24.0 Å². The fraction of sp³-hybridized carbons (Fsp3) is 0.520. The minimum atomic E-state index is -0.857. The number of nitrogens with one attached hydrogen (secondary N) is 1. The van der Waals surface area contributed by atoms with E-state index in [1.165, 1.54) is 4.90 Å². The highest BCUT2D eigenvalue weighted by atomic mass is 16.5. The maximum atomic E-state index is 13.5. The summed E-state index contributed by atoms with van der Waals surface area (Å²) in [6, 6.07) is 7.88. The highest BCUT2D eigenvalue weighted by Crippen LogP contribution is 2.23. The second-order valence-electron chi connectivity index (χ2n) is 8.57. The predicted octanol–water partition coefficient (Wildman–Crippen LogP) is 2.73. The number of allylic oxidation sites excluding steroid dienone is 1. The number of cyclic esters (lactones) is 1. The van der Waals surface area contributed by atoms with Crippen LogP contribution in [-0.4, -0.2) is 53.2 Å². The molecule has 172 valence electrons. The standard InChI is InChI=1S/C25H32N2O5/c1-3-8-19-13-12-17(2)22(28)16-23(29)26-20(15-18-9-5-4-6-10-18)24(30)27-14-7-11-21(27)25(31)32-19/h4-6,9-10,12,19-21H,3,7-8,11,13-16H2,1-2H3,(H,26,29)/b17-12-/t19-,20-,21-/m1/s1. The van der Waals surface area contributed by atoms with Crippen LogP contribution in [0.2, 0.25) is 0 Å². The summed E-state index contributed by atoms with van der Waals surface area (Å²) in [4.78, 5) is 53.1. The molecule has 0 radical (unpaired) electrons. The first-order valence-corrected chi connectivity index (χ1v) is 11.4. The van der Waals surface area contributed by atoms with Crippen LogP contribution in [0.25, 0.3) is 0 Å². The molecular formula is C25H32N2O5. The number of benzene rings is 1. The second-order valence-corrected chi connectivity index (χ2v) is 8.57. The van der Waals surface area contributed by atoms with Crippen LogP contribution in [0.3, 0.4) is 0 Å². The summed E-state index contributed by atoms with van der Waals surface area (Å²) in [6.07, 6.45) is 4.51. The average Bonchev–Trinajstić information content (AvgIpc) is 3.26. The Labute approximate surface area is 189 Å². The maximum absolute atomic E-state index is 13.5. The van der Waals surface area contributed by atoms with Crippen LogP contribution in [0.15, 0.2) is 42.0 Å². The van der Waals surface area contributed by atoms with Crippen LogP contribution >= 0.6 is 0 Å². The monoisotopic (exact) mass is 440 g/mol. The van der Waals surface area contributed by atoms with Crippen LogP contribution in [0, 0.1) is 0 Å². The number of amides is 2. The molecule has 0 aliphatic carbocycles. The summed E-state index contributed by atoms with van der Waals surface area (Å²) in [6.45, 7) is 4.11. The zero-order valence-electron chi connectivity index (χ0n) is 18.8. The van der Waals surface area contributed by atoms with Crippen molar-refractivity contribution in [2.24, 2.45) is 0 Å². The van der Waals surface area contributed by atoms with E-state index >= 15 is 0 Å². The lowest BCUT2D eigenvalue weighted by molar-refractivity contribution is -0.158. The van der Waals surface area contributed by atoms with E-state index in [2.05, 4.69) is 5.32 Å². The Kier molecular flexibility index (Phi) is 8.20. The van der Waals surface area contributed by atoms with Gasteiger partial charge < -0.3 is 15.0 Å². The molecule has 1 aromatic rings. The molecule has 0 aromatic heterocycles. The second kappa shape index (κ2) is 11.1. The summed E-state index contributed by atoms with van der Waals surface area (Å²) < 4.78 is 5.78. The Hall–Kier alpha value is -2.96. The molecule has 1 aromatic carbocycles. The molecule has 2 amide bonds. The van der Waals surface area contributed by atoms with Gasteiger partial charge in [0.05, 0.1) is 6.42 Å². The minimum absolute atomic E-state index is 0.283. The Bertz CT molecular complexity index is 880. The van der Waals surface area contributed by atoms with Gasteiger partial charge in [-0.25, -0.2) is 4.79 Å². The topological polar surface area (TPSA) is 92.8 Å². The van der Waals surface area contributed by atoms with Crippen molar-refractivity contribution in [3.63, 3.8) is 0 Å². The van der Waals surface area contributed by atoms with E-state index in [0.29, 0.717) is 37.8 Å². The molecule has 2 aliphatic heterocycles. The third-order valence-corrected chi connectivity index (χ3v) is 6.07. The van der Waals surface area contributed by atoms with Gasteiger partial charge in [0.2, 0.25) is 11.8 Å². The van der Waals surface area contributed by atoms with E-state index in [0.717, 1.165) is 12.0 Å². The molecule has 1 N–H and O–H groups in total. The molecule has 2 aliphatic rings.